The first-order valence-electron chi connectivity index (χ1n) is 7.48. The normalized spacial score (nSPS) is 19.5. The quantitative estimate of drug-likeness (QED) is 0.866. The standard InChI is InChI=1S/C17H23NO3/c1-21-16-9-6-14(7-10-16)8-11-17(20)18-12-4-2-3-5-15(18)13-19/h6-11,15,19H,2-5,12-13H2,1H3/b11-8+. The molecule has 1 heterocycles. The number of benzene rings is 1. The van der Waals surface area contributed by atoms with Crippen molar-refractivity contribution in [3.05, 3.63) is 35.9 Å². The van der Waals surface area contributed by atoms with Crippen LogP contribution in [0, 0.1) is 0 Å². The molecule has 4 heteroatoms. The summed E-state index contributed by atoms with van der Waals surface area (Å²) in [4.78, 5) is 14.1. The summed E-state index contributed by atoms with van der Waals surface area (Å²) in [7, 11) is 1.63. The van der Waals surface area contributed by atoms with Crippen LogP contribution in [-0.4, -0.2) is 42.2 Å². The van der Waals surface area contributed by atoms with E-state index in [1.165, 1.54) is 0 Å². The fourth-order valence-corrected chi connectivity index (χ4v) is 2.64. The SMILES string of the molecule is COc1ccc(/C=C/C(=O)N2CCCCCC2CO)cc1. The number of aliphatic hydroxyl groups is 1. The minimum Gasteiger partial charge on any atom is -0.497 e. The van der Waals surface area contributed by atoms with Crippen LogP contribution in [0.4, 0.5) is 0 Å². The predicted octanol–water partition coefficient (Wildman–Crippen LogP) is 2.47. The zero-order valence-corrected chi connectivity index (χ0v) is 12.5. The molecule has 1 aliphatic rings. The van der Waals surface area contributed by atoms with Crippen molar-refractivity contribution < 1.29 is 14.6 Å². The molecule has 1 aromatic rings. The number of amides is 1. The Kier molecular flexibility index (Phi) is 5.81. The highest BCUT2D eigenvalue weighted by atomic mass is 16.5. The lowest BCUT2D eigenvalue weighted by atomic mass is 10.1. The second-order valence-corrected chi connectivity index (χ2v) is 5.32. The summed E-state index contributed by atoms with van der Waals surface area (Å²) in [6, 6.07) is 7.52. The Morgan fingerprint density at radius 3 is 2.76 bits per heavy atom. The molecule has 21 heavy (non-hydrogen) atoms. The van der Waals surface area contributed by atoms with E-state index in [2.05, 4.69) is 0 Å². The number of carbonyl (C=O) groups excluding carboxylic acids is 1. The van der Waals surface area contributed by atoms with Gasteiger partial charge in [0.05, 0.1) is 19.8 Å². The molecule has 1 amide bonds. The number of ether oxygens (including phenoxy) is 1. The van der Waals surface area contributed by atoms with E-state index >= 15 is 0 Å². The molecule has 0 saturated carbocycles. The molecule has 1 unspecified atom stereocenters. The highest BCUT2D eigenvalue weighted by molar-refractivity contribution is 5.92. The van der Waals surface area contributed by atoms with Gasteiger partial charge in [-0.1, -0.05) is 25.0 Å². The largest absolute Gasteiger partial charge is 0.497 e. The number of hydrogen-bond acceptors (Lipinski definition) is 3. The van der Waals surface area contributed by atoms with Crippen LogP contribution in [0.3, 0.4) is 0 Å². The van der Waals surface area contributed by atoms with Crippen LogP contribution in [0.5, 0.6) is 5.75 Å². The van der Waals surface area contributed by atoms with E-state index in [0.29, 0.717) is 0 Å². The summed E-state index contributed by atoms with van der Waals surface area (Å²) < 4.78 is 5.11. The van der Waals surface area contributed by atoms with Crippen LogP contribution in [0.1, 0.15) is 31.2 Å². The minimum atomic E-state index is -0.0412. The number of hydrogen-bond donors (Lipinski definition) is 1. The Morgan fingerprint density at radius 2 is 2.10 bits per heavy atom. The fraction of sp³-hybridized carbons (Fsp3) is 0.471. The molecule has 1 N–H and O–H groups in total. The smallest absolute Gasteiger partial charge is 0.246 e. The molecule has 1 saturated heterocycles. The van der Waals surface area contributed by atoms with E-state index in [1.807, 2.05) is 24.3 Å². The average molecular weight is 289 g/mol. The van der Waals surface area contributed by atoms with Crippen molar-refractivity contribution in [2.24, 2.45) is 0 Å². The average Bonchev–Trinajstić information content (AvgIpc) is 2.78. The fourth-order valence-electron chi connectivity index (χ4n) is 2.64. The van der Waals surface area contributed by atoms with Crippen LogP contribution >= 0.6 is 0 Å². The highest BCUT2D eigenvalue weighted by Crippen LogP contribution is 2.17. The summed E-state index contributed by atoms with van der Waals surface area (Å²) >= 11 is 0. The predicted molar refractivity (Wildman–Crippen MR) is 83.1 cm³/mol. The number of rotatable bonds is 4. The van der Waals surface area contributed by atoms with Gasteiger partial charge in [-0.2, -0.15) is 0 Å². The molecule has 1 aromatic carbocycles. The third kappa shape index (κ3) is 4.33. The highest BCUT2D eigenvalue weighted by Gasteiger charge is 2.22. The Balaban J connectivity index is 2.02. The zero-order chi connectivity index (χ0) is 15.1. The maximum absolute atomic E-state index is 12.3. The topological polar surface area (TPSA) is 49.8 Å². The van der Waals surface area contributed by atoms with Gasteiger partial charge in [0.15, 0.2) is 0 Å². The number of nitrogens with zero attached hydrogens (tertiary/aromatic N) is 1. The Labute approximate surface area is 126 Å². The molecule has 1 aliphatic heterocycles. The Bertz CT molecular complexity index is 481. The van der Waals surface area contributed by atoms with Gasteiger partial charge < -0.3 is 14.7 Å². The Hall–Kier alpha value is -1.81. The monoisotopic (exact) mass is 289 g/mol. The van der Waals surface area contributed by atoms with E-state index in [1.54, 1.807) is 24.2 Å². The van der Waals surface area contributed by atoms with E-state index in [9.17, 15) is 9.90 Å². The maximum atomic E-state index is 12.3. The number of aliphatic hydroxyl groups excluding tert-OH is 1. The van der Waals surface area contributed by atoms with E-state index in [-0.39, 0.29) is 18.6 Å². The van der Waals surface area contributed by atoms with Crippen LogP contribution < -0.4 is 4.74 Å². The molecule has 1 atom stereocenters. The number of methoxy groups -OCH3 is 1. The summed E-state index contributed by atoms with van der Waals surface area (Å²) in [5, 5.41) is 9.45. The Morgan fingerprint density at radius 1 is 1.33 bits per heavy atom. The van der Waals surface area contributed by atoms with Gasteiger partial charge in [-0.3, -0.25) is 4.79 Å². The van der Waals surface area contributed by atoms with Gasteiger partial charge in [0.1, 0.15) is 5.75 Å². The van der Waals surface area contributed by atoms with Crippen LogP contribution in [-0.2, 0) is 4.79 Å². The second-order valence-electron chi connectivity index (χ2n) is 5.32. The molecule has 0 bridgehead atoms. The van der Waals surface area contributed by atoms with Crippen molar-refractivity contribution in [1.29, 1.82) is 0 Å². The number of carbonyl (C=O) groups is 1. The molecule has 0 spiro atoms. The van der Waals surface area contributed by atoms with Gasteiger partial charge in [0.2, 0.25) is 5.91 Å². The van der Waals surface area contributed by atoms with Gasteiger partial charge in [0.25, 0.3) is 0 Å². The molecule has 0 aliphatic carbocycles. The first-order chi connectivity index (χ1) is 10.2. The van der Waals surface area contributed by atoms with Gasteiger partial charge in [0, 0.05) is 12.6 Å². The van der Waals surface area contributed by atoms with Crippen LogP contribution in [0.25, 0.3) is 6.08 Å². The second kappa shape index (κ2) is 7.84. The van der Waals surface area contributed by atoms with Crippen molar-refractivity contribution in [2.45, 2.75) is 31.7 Å². The maximum Gasteiger partial charge on any atom is 0.246 e. The van der Waals surface area contributed by atoms with Crippen molar-refractivity contribution in [3.63, 3.8) is 0 Å². The third-order valence-corrected chi connectivity index (χ3v) is 3.91. The molecule has 114 valence electrons. The molecule has 0 aromatic heterocycles. The molecule has 1 fully saturated rings. The van der Waals surface area contributed by atoms with E-state index in [0.717, 1.165) is 43.5 Å². The van der Waals surface area contributed by atoms with Crippen molar-refractivity contribution in [3.8, 4) is 5.75 Å². The van der Waals surface area contributed by atoms with Crippen LogP contribution in [0.15, 0.2) is 30.3 Å². The lowest BCUT2D eigenvalue weighted by Crippen LogP contribution is -2.41. The molecular formula is C17H23NO3. The van der Waals surface area contributed by atoms with Crippen molar-refractivity contribution in [2.75, 3.05) is 20.3 Å². The summed E-state index contributed by atoms with van der Waals surface area (Å²) in [6.07, 6.45) is 7.51. The van der Waals surface area contributed by atoms with Gasteiger partial charge in [-0.05, 0) is 36.6 Å². The van der Waals surface area contributed by atoms with Crippen molar-refractivity contribution >= 4 is 12.0 Å². The first-order valence-corrected chi connectivity index (χ1v) is 7.48. The summed E-state index contributed by atoms with van der Waals surface area (Å²) in [6.45, 7) is 0.777. The lowest BCUT2D eigenvalue weighted by Gasteiger charge is -2.27. The molecule has 0 radical (unpaired) electrons. The van der Waals surface area contributed by atoms with E-state index < -0.39 is 0 Å². The van der Waals surface area contributed by atoms with Crippen LogP contribution in [0.2, 0.25) is 0 Å². The van der Waals surface area contributed by atoms with E-state index in [4.69, 9.17) is 4.74 Å². The minimum absolute atomic E-state index is 0.0215. The molecular weight excluding hydrogens is 266 g/mol. The lowest BCUT2D eigenvalue weighted by molar-refractivity contribution is -0.129. The van der Waals surface area contributed by atoms with Crippen molar-refractivity contribution in [1.82, 2.24) is 4.90 Å². The van der Waals surface area contributed by atoms with Gasteiger partial charge in [-0.25, -0.2) is 0 Å². The number of likely N-dealkylation sites (tertiary alicyclic amines) is 1. The van der Waals surface area contributed by atoms with Gasteiger partial charge in [-0.15, -0.1) is 0 Å². The zero-order valence-electron chi connectivity index (χ0n) is 12.5. The summed E-state index contributed by atoms with van der Waals surface area (Å²) in [5.41, 5.74) is 0.958. The third-order valence-electron chi connectivity index (χ3n) is 3.91. The summed E-state index contributed by atoms with van der Waals surface area (Å²) in [5.74, 6) is 0.776. The first kappa shape index (κ1) is 15.6. The molecule has 4 nitrogen and oxygen atoms in total. The van der Waals surface area contributed by atoms with Gasteiger partial charge >= 0.3 is 0 Å². The molecule has 2 rings (SSSR count).